The molecule has 2 saturated heterocycles. The highest BCUT2D eigenvalue weighted by Gasteiger charge is 2.22. The maximum Gasteiger partial charge on any atom is 0.225 e. The van der Waals surface area contributed by atoms with Crippen LogP contribution in [0.2, 0.25) is 0 Å². The molecule has 3 aromatic heterocycles. The minimum Gasteiger partial charge on any atom is -0.471 e. The van der Waals surface area contributed by atoms with Crippen molar-refractivity contribution in [3.8, 4) is 17.1 Å². The summed E-state index contributed by atoms with van der Waals surface area (Å²) >= 11 is 0. The number of ether oxygens (including phenoxy) is 3. The van der Waals surface area contributed by atoms with E-state index in [1.807, 2.05) is 18.3 Å². The molecule has 140 valence electrons. The highest BCUT2D eigenvalue weighted by Crippen LogP contribution is 2.34. The number of anilines is 1. The van der Waals surface area contributed by atoms with Crippen molar-refractivity contribution in [1.82, 2.24) is 20.2 Å². The molecule has 0 aliphatic carbocycles. The van der Waals surface area contributed by atoms with E-state index >= 15 is 0 Å². The number of pyridine rings is 2. The molecular weight excluding hydrogens is 346 g/mol. The maximum atomic E-state index is 6.12. The number of rotatable bonds is 4. The zero-order valence-electron chi connectivity index (χ0n) is 14.9. The van der Waals surface area contributed by atoms with Crippen molar-refractivity contribution >= 4 is 16.7 Å². The van der Waals surface area contributed by atoms with Gasteiger partial charge < -0.3 is 19.1 Å². The quantitative estimate of drug-likeness (QED) is 0.755. The summed E-state index contributed by atoms with van der Waals surface area (Å²) in [4.78, 5) is 11.2. The first-order valence-electron chi connectivity index (χ1n) is 9.25. The van der Waals surface area contributed by atoms with E-state index in [0.717, 1.165) is 67.3 Å². The Bertz CT molecular complexity index is 932. The number of nitrogens with zero attached hydrogens (tertiary/aromatic N) is 4. The van der Waals surface area contributed by atoms with E-state index in [2.05, 4.69) is 31.1 Å². The minimum atomic E-state index is 0.0344. The molecule has 1 N–H and O–H groups in total. The molecule has 5 heterocycles. The van der Waals surface area contributed by atoms with Crippen LogP contribution in [0.15, 0.2) is 30.6 Å². The molecule has 0 aromatic carbocycles. The Hall–Kier alpha value is -2.71. The van der Waals surface area contributed by atoms with E-state index < -0.39 is 0 Å². The van der Waals surface area contributed by atoms with Crippen LogP contribution in [0.4, 0.5) is 5.82 Å². The van der Waals surface area contributed by atoms with Gasteiger partial charge in [0.1, 0.15) is 17.6 Å². The Morgan fingerprint density at radius 3 is 2.81 bits per heavy atom. The Morgan fingerprint density at radius 2 is 1.96 bits per heavy atom. The lowest BCUT2D eigenvalue weighted by Crippen LogP contribution is -2.36. The fourth-order valence-electron chi connectivity index (χ4n) is 3.53. The van der Waals surface area contributed by atoms with Gasteiger partial charge in [0.2, 0.25) is 5.88 Å². The lowest BCUT2D eigenvalue weighted by molar-refractivity contribution is 0.122. The maximum absolute atomic E-state index is 6.12. The van der Waals surface area contributed by atoms with Crippen molar-refractivity contribution < 1.29 is 14.2 Å². The largest absolute Gasteiger partial charge is 0.471 e. The number of H-pyrrole nitrogens is 1. The summed E-state index contributed by atoms with van der Waals surface area (Å²) in [6.07, 6.45) is 4.47. The van der Waals surface area contributed by atoms with E-state index in [4.69, 9.17) is 14.2 Å². The first-order valence-corrected chi connectivity index (χ1v) is 9.25. The normalized spacial score (nSPS) is 20.3. The van der Waals surface area contributed by atoms with Gasteiger partial charge in [-0.25, -0.2) is 9.97 Å². The predicted octanol–water partition coefficient (Wildman–Crippen LogP) is 2.02. The van der Waals surface area contributed by atoms with Crippen molar-refractivity contribution in [3.05, 3.63) is 30.6 Å². The molecule has 0 saturated carbocycles. The van der Waals surface area contributed by atoms with Crippen LogP contribution in [-0.4, -0.2) is 65.8 Å². The number of aromatic amines is 1. The molecule has 2 fully saturated rings. The zero-order chi connectivity index (χ0) is 18.1. The number of morpholine rings is 1. The summed E-state index contributed by atoms with van der Waals surface area (Å²) in [7, 11) is 0. The molecule has 2 aliphatic rings. The minimum absolute atomic E-state index is 0.0344. The van der Waals surface area contributed by atoms with Crippen molar-refractivity contribution in [2.75, 3.05) is 44.4 Å². The van der Waals surface area contributed by atoms with Crippen LogP contribution < -0.4 is 9.64 Å². The fourth-order valence-corrected chi connectivity index (χ4v) is 3.53. The van der Waals surface area contributed by atoms with Gasteiger partial charge in [0, 0.05) is 37.5 Å². The van der Waals surface area contributed by atoms with Crippen LogP contribution in [0.25, 0.3) is 22.2 Å². The molecule has 0 amide bonds. The lowest BCUT2D eigenvalue weighted by Gasteiger charge is -2.27. The van der Waals surface area contributed by atoms with Crippen molar-refractivity contribution in [1.29, 1.82) is 0 Å². The third kappa shape index (κ3) is 3.22. The van der Waals surface area contributed by atoms with Gasteiger partial charge in [0.05, 0.1) is 37.3 Å². The van der Waals surface area contributed by atoms with Crippen LogP contribution in [0.3, 0.4) is 0 Å². The van der Waals surface area contributed by atoms with E-state index in [-0.39, 0.29) is 6.10 Å². The summed E-state index contributed by atoms with van der Waals surface area (Å²) in [5, 5.41) is 8.53. The third-order valence-electron chi connectivity index (χ3n) is 4.96. The standard InChI is InChI=1S/C19H21N5O3/c1-4-20-16(24-6-9-25-10-7-24)11-13(1)18-17-15(22-23-18)2-5-21-19(17)27-14-3-8-26-12-14/h1-2,4-5,11,14H,3,6-10,12H2,(H,22,23). The monoisotopic (exact) mass is 367 g/mol. The third-order valence-corrected chi connectivity index (χ3v) is 4.96. The van der Waals surface area contributed by atoms with Gasteiger partial charge in [-0.15, -0.1) is 0 Å². The first kappa shape index (κ1) is 16.5. The first-order chi connectivity index (χ1) is 13.4. The molecule has 27 heavy (non-hydrogen) atoms. The molecule has 1 unspecified atom stereocenters. The second-order valence-corrected chi connectivity index (χ2v) is 6.72. The second-order valence-electron chi connectivity index (χ2n) is 6.72. The molecule has 8 nitrogen and oxygen atoms in total. The van der Waals surface area contributed by atoms with E-state index in [1.54, 1.807) is 6.20 Å². The average Bonchev–Trinajstić information content (AvgIpc) is 3.39. The second kappa shape index (κ2) is 7.13. The van der Waals surface area contributed by atoms with E-state index in [0.29, 0.717) is 12.5 Å². The van der Waals surface area contributed by atoms with Gasteiger partial charge in [-0.1, -0.05) is 0 Å². The zero-order valence-corrected chi connectivity index (χ0v) is 14.9. The number of hydrogen-bond donors (Lipinski definition) is 1. The smallest absolute Gasteiger partial charge is 0.225 e. The van der Waals surface area contributed by atoms with E-state index in [9.17, 15) is 0 Å². The molecule has 2 aliphatic heterocycles. The summed E-state index contributed by atoms with van der Waals surface area (Å²) in [5.74, 6) is 1.53. The van der Waals surface area contributed by atoms with Crippen molar-refractivity contribution in [2.24, 2.45) is 0 Å². The van der Waals surface area contributed by atoms with Crippen LogP contribution in [-0.2, 0) is 9.47 Å². The van der Waals surface area contributed by atoms with Gasteiger partial charge in [0.25, 0.3) is 0 Å². The Balaban J connectivity index is 1.53. The van der Waals surface area contributed by atoms with Gasteiger partial charge >= 0.3 is 0 Å². The summed E-state index contributed by atoms with van der Waals surface area (Å²) < 4.78 is 17.0. The van der Waals surface area contributed by atoms with Gasteiger partial charge in [-0.3, -0.25) is 5.10 Å². The Morgan fingerprint density at radius 1 is 1.07 bits per heavy atom. The van der Waals surface area contributed by atoms with Gasteiger partial charge in [-0.2, -0.15) is 5.10 Å². The molecule has 0 spiro atoms. The van der Waals surface area contributed by atoms with Crippen LogP contribution >= 0.6 is 0 Å². The predicted molar refractivity (Wildman–Crippen MR) is 100 cm³/mol. The SMILES string of the molecule is c1cc(-c2n[nH]c3ccnc(OC4CCOC4)c23)cc(N2CCOCC2)n1. The fraction of sp³-hybridized carbons (Fsp3) is 0.421. The summed E-state index contributed by atoms with van der Waals surface area (Å²) in [6.45, 7) is 4.46. The molecule has 3 aromatic rings. The Labute approximate surface area is 156 Å². The molecular formula is C19H21N5O3. The molecule has 5 rings (SSSR count). The topological polar surface area (TPSA) is 85.4 Å². The molecule has 0 radical (unpaired) electrons. The van der Waals surface area contributed by atoms with Crippen LogP contribution in [0.1, 0.15) is 6.42 Å². The Kier molecular flexibility index (Phi) is 4.35. The highest BCUT2D eigenvalue weighted by atomic mass is 16.5. The van der Waals surface area contributed by atoms with Crippen molar-refractivity contribution in [3.63, 3.8) is 0 Å². The molecule has 8 heteroatoms. The number of fused-ring (bicyclic) bond motifs is 1. The molecule has 0 bridgehead atoms. The number of aromatic nitrogens is 4. The van der Waals surface area contributed by atoms with Gasteiger partial charge in [0.15, 0.2) is 0 Å². The lowest BCUT2D eigenvalue weighted by atomic mass is 10.1. The number of nitrogens with one attached hydrogen (secondary N) is 1. The van der Waals surface area contributed by atoms with Crippen molar-refractivity contribution in [2.45, 2.75) is 12.5 Å². The number of hydrogen-bond acceptors (Lipinski definition) is 7. The van der Waals surface area contributed by atoms with E-state index in [1.165, 1.54) is 0 Å². The summed E-state index contributed by atoms with van der Waals surface area (Å²) in [6, 6.07) is 5.94. The molecule has 1 atom stereocenters. The highest BCUT2D eigenvalue weighted by molar-refractivity contribution is 5.96. The average molecular weight is 367 g/mol. The van der Waals surface area contributed by atoms with Gasteiger partial charge in [-0.05, 0) is 18.2 Å². The van der Waals surface area contributed by atoms with Crippen LogP contribution in [0.5, 0.6) is 5.88 Å². The summed E-state index contributed by atoms with van der Waals surface area (Å²) in [5.41, 5.74) is 2.71. The van der Waals surface area contributed by atoms with Crippen LogP contribution in [0, 0.1) is 0 Å².